The van der Waals surface area contributed by atoms with Gasteiger partial charge in [-0.25, -0.2) is 9.97 Å². The second-order valence-electron chi connectivity index (χ2n) is 7.89. The minimum Gasteiger partial charge on any atom is -0.361 e. The van der Waals surface area contributed by atoms with Crippen molar-refractivity contribution in [2.45, 2.75) is 58.1 Å². The molecule has 1 saturated carbocycles. The molecule has 0 N–H and O–H groups in total. The van der Waals surface area contributed by atoms with Gasteiger partial charge >= 0.3 is 0 Å². The summed E-state index contributed by atoms with van der Waals surface area (Å²) in [5.74, 6) is 1.28. The number of aromatic nitrogens is 3. The highest BCUT2D eigenvalue weighted by atomic mass is 35.5. The lowest BCUT2D eigenvalue weighted by Crippen LogP contribution is -2.22. The Hall–Kier alpha value is -0.913. The molecule has 0 spiro atoms. The Kier molecular flexibility index (Phi) is 4.81. The number of hydrogen-bond donors (Lipinski definition) is 0. The van der Waals surface area contributed by atoms with Crippen molar-refractivity contribution in [1.29, 1.82) is 0 Å². The first-order valence-electron chi connectivity index (χ1n) is 8.44. The molecule has 2 heterocycles. The number of ether oxygens (including phenoxy) is 1. The molecular formula is C17H26ClN3OSi. The monoisotopic (exact) mass is 351 g/mol. The van der Waals surface area contributed by atoms with Crippen LogP contribution < -0.4 is 0 Å². The zero-order valence-corrected chi connectivity index (χ0v) is 16.2. The van der Waals surface area contributed by atoms with Gasteiger partial charge in [0.1, 0.15) is 23.9 Å². The maximum atomic E-state index is 6.37. The molecule has 1 unspecified atom stereocenters. The molecule has 23 heavy (non-hydrogen) atoms. The van der Waals surface area contributed by atoms with Crippen molar-refractivity contribution in [3.8, 4) is 0 Å². The van der Waals surface area contributed by atoms with Gasteiger partial charge in [0.15, 0.2) is 0 Å². The topological polar surface area (TPSA) is 39.9 Å². The van der Waals surface area contributed by atoms with E-state index in [0.717, 1.165) is 23.6 Å². The van der Waals surface area contributed by atoms with Crippen LogP contribution in [-0.2, 0) is 11.5 Å². The summed E-state index contributed by atoms with van der Waals surface area (Å²) in [6.07, 6.45) is 6.33. The van der Waals surface area contributed by atoms with Gasteiger partial charge < -0.3 is 9.30 Å². The van der Waals surface area contributed by atoms with Crippen molar-refractivity contribution in [3.63, 3.8) is 0 Å². The number of nitrogens with zero attached hydrogens (tertiary/aromatic N) is 3. The third-order valence-electron chi connectivity index (χ3n) is 4.68. The Morgan fingerprint density at radius 2 is 2.09 bits per heavy atom. The standard InChI is InChI=1S/C17H26ClN3OSi/c1-12(13-5-6-13)14-9-21(11-22-7-8-23(2,3)4)17-15(14)16(18)19-10-20-17/h9-10,12-13H,5-8,11H2,1-4H3. The van der Waals surface area contributed by atoms with Gasteiger partial charge in [-0.2, -0.15) is 0 Å². The molecule has 126 valence electrons. The molecule has 0 aromatic carbocycles. The van der Waals surface area contributed by atoms with E-state index in [0.29, 0.717) is 17.8 Å². The molecule has 0 bridgehead atoms. The zero-order valence-electron chi connectivity index (χ0n) is 14.5. The predicted molar refractivity (Wildman–Crippen MR) is 97.8 cm³/mol. The molecule has 0 amide bonds. The van der Waals surface area contributed by atoms with Crippen LogP contribution in [0.3, 0.4) is 0 Å². The number of hydrogen-bond acceptors (Lipinski definition) is 3. The molecule has 4 nitrogen and oxygen atoms in total. The van der Waals surface area contributed by atoms with E-state index in [-0.39, 0.29) is 0 Å². The smallest absolute Gasteiger partial charge is 0.147 e. The molecule has 1 aliphatic carbocycles. The highest BCUT2D eigenvalue weighted by Gasteiger charge is 2.31. The van der Waals surface area contributed by atoms with Crippen LogP contribution in [0.15, 0.2) is 12.5 Å². The molecule has 2 aromatic heterocycles. The van der Waals surface area contributed by atoms with E-state index in [9.17, 15) is 0 Å². The average Bonchev–Trinajstić information content (AvgIpc) is 3.25. The van der Waals surface area contributed by atoms with Gasteiger partial charge in [0.05, 0.1) is 5.39 Å². The lowest BCUT2D eigenvalue weighted by atomic mass is 9.97. The van der Waals surface area contributed by atoms with Gasteiger partial charge in [-0.15, -0.1) is 0 Å². The molecule has 3 rings (SSSR count). The molecule has 1 aliphatic rings. The first-order chi connectivity index (χ1) is 10.9. The van der Waals surface area contributed by atoms with Crippen molar-refractivity contribution < 1.29 is 4.74 Å². The summed E-state index contributed by atoms with van der Waals surface area (Å²) in [5, 5.41) is 1.56. The van der Waals surface area contributed by atoms with Crippen LogP contribution in [0.5, 0.6) is 0 Å². The lowest BCUT2D eigenvalue weighted by molar-refractivity contribution is 0.0897. The van der Waals surface area contributed by atoms with E-state index in [1.807, 2.05) is 0 Å². The number of fused-ring (bicyclic) bond motifs is 1. The van der Waals surface area contributed by atoms with Crippen molar-refractivity contribution in [2.24, 2.45) is 5.92 Å². The second-order valence-corrected chi connectivity index (χ2v) is 13.9. The summed E-state index contributed by atoms with van der Waals surface area (Å²) in [5.41, 5.74) is 2.15. The first kappa shape index (κ1) is 16.9. The maximum Gasteiger partial charge on any atom is 0.147 e. The fraction of sp³-hybridized carbons (Fsp3) is 0.647. The van der Waals surface area contributed by atoms with E-state index in [4.69, 9.17) is 16.3 Å². The van der Waals surface area contributed by atoms with E-state index in [1.165, 1.54) is 30.8 Å². The van der Waals surface area contributed by atoms with Gasteiger partial charge in [0, 0.05) is 20.9 Å². The SMILES string of the molecule is CC(c1cn(COCC[Si](C)(C)C)c2ncnc(Cl)c12)C1CC1. The van der Waals surface area contributed by atoms with Crippen LogP contribution in [0.4, 0.5) is 0 Å². The van der Waals surface area contributed by atoms with Gasteiger partial charge in [-0.3, -0.25) is 0 Å². The molecule has 6 heteroatoms. The maximum absolute atomic E-state index is 6.37. The number of rotatable bonds is 7. The van der Waals surface area contributed by atoms with E-state index < -0.39 is 8.07 Å². The molecule has 0 saturated heterocycles. The van der Waals surface area contributed by atoms with Gasteiger partial charge in [0.25, 0.3) is 0 Å². The van der Waals surface area contributed by atoms with Crippen LogP contribution >= 0.6 is 11.6 Å². The fourth-order valence-corrected chi connectivity index (χ4v) is 3.94. The summed E-state index contributed by atoms with van der Waals surface area (Å²) in [4.78, 5) is 8.63. The summed E-state index contributed by atoms with van der Waals surface area (Å²) >= 11 is 6.37. The molecule has 1 atom stereocenters. The minimum atomic E-state index is -1.06. The zero-order chi connectivity index (χ0) is 16.6. The molecule has 1 fully saturated rings. The van der Waals surface area contributed by atoms with Gasteiger partial charge in [-0.1, -0.05) is 38.2 Å². The van der Waals surface area contributed by atoms with Gasteiger partial charge in [-0.05, 0) is 36.3 Å². The van der Waals surface area contributed by atoms with Gasteiger partial charge in [0.2, 0.25) is 0 Å². The largest absolute Gasteiger partial charge is 0.361 e. The van der Waals surface area contributed by atoms with E-state index in [2.05, 4.69) is 47.3 Å². The Labute approximate surface area is 144 Å². The van der Waals surface area contributed by atoms with Crippen molar-refractivity contribution in [2.75, 3.05) is 6.61 Å². The minimum absolute atomic E-state index is 0.504. The quantitative estimate of drug-likeness (QED) is 0.404. The highest BCUT2D eigenvalue weighted by Crippen LogP contribution is 2.45. The van der Waals surface area contributed by atoms with E-state index >= 15 is 0 Å². The summed E-state index contributed by atoms with van der Waals surface area (Å²) in [6, 6.07) is 1.17. The number of halogens is 1. The first-order valence-corrected chi connectivity index (χ1v) is 12.5. The summed E-state index contributed by atoms with van der Waals surface area (Å²) in [6.45, 7) is 10.7. The van der Waals surface area contributed by atoms with Crippen molar-refractivity contribution >= 4 is 30.7 Å². The van der Waals surface area contributed by atoms with Crippen LogP contribution in [0.2, 0.25) is 30.8 Å². The third-order valence-corrected chi connectivity index (χ3v) is 6.67. The fourth-order valence-electron chi connectivity index (χ4n) is 2.95. The molecular weight excluding hydrogens is 326 g/mol. The second kappa shape index (κ2) is 6.53. The summed E-state index contributed by atoms with van der Waals surface area (Å²) in [7, 11) is -1.06. The molecule has 0 radical (unpaired) electrons. The third kappa shape index (κ3) is 3.95. The Balaban J connectivity index is 1.81. The van der Waals surface area contributed by atoms with E-state index in [1.54, 1.807) is 0 Å². The van der Waals surface area contributed by atoms with Crippen LogP contribution in [0, 0.1) is 5.92 Å². The normalized spacial score (nSPS) is 16.9. The van der Waals surface area contributed by atoms with Crippen LogP contribution in [0.25, 0.3) is 11.0 Å². The summed E-state index contributed by atoms with van der Waals surface area (Å²) < 4.78 is 7.99. The van der Waals surface area contributed by atoms with Crippen LogP contribution in [0.1, 0.15) is 31.2 Å². The predicted octanol–water partition coefficient (Wildman–Crippen LogP) is 4.91. The molecule has 2 aromatic rings. The Morgan fingerprint density at radius 1 is 1.35 bits per heavy atom. The van der Waals surface area contributed by atoms with Crippen molar-refractivity contribution in [3.05, 3.63) is 23.2 Å². The Bertz CT molecular complexity index is 691. The van der Waals surface area contributed by atoms with Crippen molar-refractivity contribution in [1.82, 2.24) is 14.5 Å². The average molecular weight is 352 g/mol. The lowest BCUT2D eigenvalue weighted by Gasteiger charge is -2.15. The Morgan fingerprint density at radius 3 is 2.74 bits per heavy atom. The van der Waals surface area contributed by atoms with Crippen LogP contribution in [-0.4, -0.2) is 29.2 Å². The highest BCUT2D eigenvalue weighted by molar-refractivity contribution is 6.76. The molecule has 0 aliphatic heterocycles.